The number of benzene rings is 3. The fourth-order valence-electron chi connectivity index (χ4n) is 4.95. The minimum Gasteiger partial charge on any atom is -0.490 e. The van der Waals surface area contributed by atoms with Gasteiger partial charge in [-0.05, 0) is 68.4 Å². The zero-order valence-corrected chi connectivity index (χ0v) is 25.9. The van der Waals surface area contributed by atoms with Crippen molar-refractivity contribution in [1.82, 2.24) is 15.3 Å². The van der Waals surface area contributed by atoms with Crippen LogP contribution in [-0.2, 0) is 26.8 Å². The Balaban J connectivity index is 1.33. The van der Waals surface area contributed by atoms with E-state index in [4.69, 9.17) is 21.1 Å². The van der Waals surface area contributed by atoms with Gasteiger partial charge in [0.05, 0.1) is 27.8 Å². The number of ether oxygens (including phenoxy) is 2. The molecule has 0 saturated carbocycles. The van der Waals surface area contributed by atoms with E-state index in [-0.39, 0.29) is 18.2 Å². The molecule has 3 aromatic carbocycles. The molecule has 5 rings (SSSR count). The maximum Gasteiger partial charge on any atom is 0.153 e. The van der Waals surface area contributed by atoms with Crippen LogP contribution in [-0.4, -0.2) is 42.5 Å². The number of halogens is 3. The van der Waals surface area contributed by atoms with Crippen molar-refractivity contribution < 1.29 is 26.7 Å². The molecule has 0 amide bonds. The Kier molecular flexibility index (Phi) is 9.67. The maximum absolute atomic E-state index is 15.6. The topological polar surface area (TPSA) is 102 Å². The number of nitrogens with one attached hydrogen (secondary N) is 2. The smallest absolute Gasteiger partial charge is 0.153 e. The third-order valence-corrected chi connectivity index (χ3v) is 10.0. The molecule has 0 saturated heterocycles. The van der Waals surface area contributed by atoms with Crippen LogP contribution >= 0.6 is 11.6 Å². The third-order valence-electron chi connectivity index (χ3n) is 7.52. The lowest BCUT2D eigenvalue weighted by molar-refractivity contribution is 0.0296. The van der Waals surface area contributed by atoms with Crippen LogP contribution in [0.2, 0.25) is 5.02 Å². The summed E-state index contributed by atoms with van der Waals surface area (Å²) in [4.78, 5) is 8.66. The zero-order valence-electron chi connectivity index (χ0n) is 24.3. The second-order valence-corrected chi connectivity index (χ2v) is 13.9. The molecule has 1 aromatic heterocycles. The molecule has 0 bridgehead atoms. The Bertz CT molecular complexity index is 1780. The highest BCUT2D eigenvalue weighted by Gasteiger charge is 2.38. The number of sulfone groups is 1. The predicted octanol–water partition coefficient (Wildman–Crippen LogP) is 6.82. The van der Waals surface area contributed by atoms with Gasteiger partial charge in [-0.1, -0.05) is 23.7 Å². The minimum atomic E-state index is -3.16. The molecule has 44 heavy (non-hydrogen) atoms. The van der Waals surface area contributed by atoms with Gasteiger partial charge < -0.3 is 20.1 Å². The minimum absolute atomic E-state index is 0.0254. The van der Waals surface area contributed by atoms with Crippen LogP contribution in [0.4, 0.5) is 20.3 Å². The number of hydrogen-bond donors (Lipinski definition) is 2. The highest BCUT2D eigenvalue weighted by atomic mass is 35.5. The maximum atomic E-state index is 15.6. The first-order valence-corrected chi connectivity index (χ1v) is 16.3. The van der Waals surface area contributed by atoms with Crippen molar-refractivity contribution >= 4 is 43.8 Å². The van der Waals surface area contributed by atoms with Gasteiger partial charge in [-0.25, -0.2) is 27.2 Å². The molecular weight excluding hydrogens is 610 g/mol. The van der Waals surface area contributed by atoms with Crippen LogP contribution in [0.25, 0.3) is 10.9 Å². The second kappa shape index (κ2) is 13.5. The van der Waals surface area contributed by atoms with Gasteiger partial charge in [0.15, 0.2) is 9.84 Å². The lowest BCUT2D eigenvalue weighted by Crippen LogP contribution is -2.33. The molecule has 12 heteroatoms. The SMILES string of the molecule is CC(C)S(=O)(=O)CCNCCC1(c2cc3c(Nc4ccc(OCc5cccc(F)c5)c(Cl)c4)ncnc3cc2F)CC=CO1. The van der Waals surface area contributed by atoms with Gasteiger partial charge in [0.2, 0.25) is 0 Å². The van der Waals surface area contributed by atoms with E-state index in [2.05, 4.69) is 20.6 Å². The number of fused-ring (bicyclic) bond motifs is 1. The second-order valence-electron chi connectivity index (χ2n) is 10.9. The average Bonchev–Trinajstić information content (AvgIpc) is 3.46. The summed E-state index contributed by atoms with van der Waals surface area (Å²) in [6.07, 6.45) is 5.61. The number of anilines is 2. The van der Waals surface area contributed by atoms with E-state index in [1.807, 2.05) is 6.08 Å². The van der Waals surface area contributed by atoms with Crippen LogP contribution in [0.15, 0.2) is 73.3 Å². The summed E-state index contributed by atoms with van der Waals surface area (Å²) < 4.78 is 65.1. The van der Waals surface area contributed by atoms with Crippen molar-refractivity contribution in [3.8, 4) is 5.75 Å². The number of nitrogens with zero attached hydrogens (tertiary/aromatic N) is 2. The molecule has 0 aliphatic carbocycles. The van der Waals surface area contributed by atoms with Crippen LogP contribution < -0.4 is 15.4 Å². The molecule has 8 nitrogen and oxygen atoms in total. The lowest BCUT2D eigenvalue weighted by atomic mass is 9.86. The molecular formula is C32H33ClF2N4O4S. The van der Waals surface area contributed by atoms with Crippen molar-refractivity contribution in [2.75, 3.05) is 24.2 Å². The largest absolute Gasteiger partial charge is 0.490 e. The molecule has 1 aliphatic heterocycles. The van der Waals surface area contributed by atoms with Gasteiger partial charge in [0.1, 0.15) is 41.7 Å². The average molecular weight is 643 g/mol. The molecule has 1 aliphatic rings. The van der Waals surface area contributed by atoms with E-state index in [0.717, 1.165) is 0 Å². The Labute approximate surface area is 260 Å². The first-order chi connectivity index (χ1) is 21.1. The summed E-state index contributed by atoms with van der Waals surface area (Å²) in [6.45, 7) is 4.19. The van der Waals surface area contributed by atoms with Crippen molar-refractivity contribution in [3.63, 3.8) is 0 Å². The summed E-state index contributed by atoms with van der Waals surface area (Å²) >= 11 is 6.49. The molecule has 2 heterocycles. The van der Waals surface area contributed by atoms with E-state index in [1.54, 1.807) is 56.5 Å². The summed E-state index contributed by atoms with van der Waals surface area (Å²) in [5, 5.41) is 6.89. The van der Waals surface area contributed by atoms with Crippen LogP contribution in [0.3, 0.4) is 0 Å². The van der Waals surface area contributed by atoms with E-state index in [1.165, 1.54) is 24.5 Å². The normalized spacial score (nSPS) is 16.4. The molecule has 0 fully saturated rings. The van der Waals surface area contributed by atoms with Gasteiger partial charge >= 0.3 is 0 Å². The van der Waals surface area contributed by atoms with Gasteiger partial charge in [0.25, 0.3) is 0 Å². The first-order valence-electron chi connectivity index (χ1n) is 14.2. The number of rotatable bonds is 13. The predicted molar refractivity (Wildman–Crippen MR) is 168 cm³/mol. The zero-order chi connectivity index (χ0) is 31.3. The monoisotopic (exact) mass is 642 g/mol. The van der Waals surface area contributed by atoms with E-state index < -0.39 is 26.5 Å². The highest BCUT2D eigenvalue weighted by Crippen LogP contribution is 2.41. The van der Waals surface area contributed by atoms with Gasteiger partial charge in [-0.3, -0.25) is 0 Å². The summed E-state index contributed by atoms with van der Waals surface area (Å²) in [5.41, 5.74) is 1.08. The van der Waals surface area contributed by atoms with E-state index in [9.17, 15) is 12.8 Å². The molecule has 232 valence electrons. The lowest BCUT2D eigenvalue weighted by Gasteiger charge is -2.30. The Morgan fingerprint density at radius 2 is 1.93 bits per heavy atom. The van der Waals surface area contributed by atoms with E-state index in [0.29, 0.717) is 70.2 Å². The first kappa shape index (κ1) is 31.6. The number of hydrogen-bond acceptors (Lipinski definition) is 8. The summed E-state index contributed by atoms with van der Waals surface area (Å²) in [6, 6.07) is 14.3. The van der Waals surface area contributed by atoms with Gasteiger partial charge in [0, 0.05) is 42.1 Å². The van der Waals surface area contributed by atoms with Gasteiger partial charge in [-0.2, -0.15) is 0 Å². The summed E-state index contributed by atoms with van der Waals surface area (Å²) in [5.74, 6) is 0.0962. The van der Waals surface area contributed by atoms with Crippen molar-refractivity contribution in [2.45, 2.75) is 44.1 Å². The summed E-state index contributed by atoms with van der Waals surface area (Å²) in [7, 11) is -3.16. The Morgan fingerprint density at radius 1 is 1.09 bits per heavy atom. The van der Waals surface area contributed by atoms with Crippen molar-refractivity contribution in [1.29, 1.82) is 0 Å². The third kappa shape index (κ3) is 7.28. The molecule has 0 spiro atoms. The van der Waals surface area contributed by atoms with E-state index >= 15 is 4.39 Å². The standard InChI is InChI=1S/C32H33ClF2N4O4S/c1-21(2)44(40,41)14-12-36-11-10-32(9-4-13-43-32)26-17-25-29(18-28(26)35)37-20-38-31(25)39-24-7-8-30(27(33)16-24)42-19-22-5-3-6-23(34)15-22/h3-8,13,15-18,20-21,36H,9-12,14,19H2,1-2H3,(H,37,38,39). The van der Waals surface area contributed by atoms with Crippen molar-refractivity contribution in [2.24, 2.45) is 0 Å². The number of aromatic nitrogens is 2. The van der Waals surface area contributed by atoms with Crippen molar-refractivity contribution in [3.05, 3.63) is 101 Å². The fraction of sp³-hybridized carbons (Fsp3) is 0.312. The fourth-order valence-corrected chi connectivity index (χ4v) is 6.08. The molecule has 2 N–H and O–H groups in total. The van der Waals surface area contributed by atoms with Crippen LogP contribution in [0.5, 0.6) is 5.75 Å². The highest BCUT2D eigenvalue weighted by molar-refractivity contribution is 7.92. The van der Waals surface area contributed by atoms with Gasteiger partial charge in [-0.15, -0.1) is 0 Å². The Hall–Kier alpha value is -3.80. The van der Waals surface area contributed by atoms with Crippen LogP contribution in [0, 0.1) is 11.6 Å². The molecule has 0 radical (unpaired) electrons. The van der Waals surface area contributed by atoms with Crippen LogP contribution in [0.1, 0.15) is 37.8 Å². The quantitative estimate of drug-likeness (QED) is 0.153. The molecule has 1 atom stereocenters. The molecule has 1 unspecified atom stereocenters. The molecule has 4 aromatic rings. The Morgan fingerprint density at radius 3 is 2.66 bits per heavy atom.